The second-order valence-electron chi connectivity index (χ2n) is 5.00. The second-order valence-corrected chi connectivity index (χ2v) is 5.00. The summed E-state index contributed by atoms with van der Waals surface area (Å²) in [5.74, 6) is 0.193. The Morgan fingerprint density at radius 1 is 1.44 bits per heavy atom. The standard InChI is InChI=1S/C12H25NO3/c1-5-10(6-7-14)8-13-9-11(15)16-12(2,3)4/h10,13-14H,5-9H2,1-4H3. The fraction of sp³-hybridized carbons (Fsp3) is 0.917. The minimum atomic E-state index is -0.423. The van der Waals surface area contributed by atoms with Gasteiger partial charge in [0.15, 0.2) is 0 Å². The Morgan fingerprint density at radius 3 is 2.50 bits per heavy atom. The van der Waals surface area contributed by atoms with E-state index in [4.69, 9.17) is 9.84 Å². The van der Waals surface area contributed by atoms with Crippen molar-refractivity contribution >= 4 is 5.97 Å². The van der Waals surface area contributed by atoms with Gasteiger partial charge < -0.3 is 15.2 Å². The van der Waals surface area contributed by atoms with E-state index in [1.165, 1.54) is 0 Å². The van der Waals surface area contributed by atoms with E-state index in [-0.39, 0.29) is 19.1 Å². The van der Waals surface area contributed by atoms with Gasteiger partial charge in [0.2, 0.25) is 0 Å². The number of carbonyl (C=O) groups excluding carboxylic acids is 1. The molecule has 0 aliphatic carbocycles. The molecule has 0 aromatic rings. The molecule has 1 unspecified atom stereocenters. The molecule has 4 heteroatoms. The first-order valence-corrected chi connectivity index (χ1v) is 5.92. The van der Waals surface area contributed by atoms with Gasteiger partial charge in [-0.1, -0.05) is 13.3 Å². The maximum absolute atomic E-state index is 11.4. The van der Waals surface area contributed by atoms with Crippen LogP contribution < -0.4 is 5.32 Å². The normalized spacial score (nSPS) is 13.6. The van der Waals surface area contributed by atoms with Crippen molar-refractivity contribution in [3.05, 3.63) is 0 Å². The number of aliphatic hydroxyl groups excluding tert-OH is 1. The van der Waals surface area contributed by atoms with Gasteiger partial charge >= 0.3 is 5.97 Å². The molecule has 2 N–H and O–H groups in total. The van der Waals surface area contributed by atoms with Gasteiger partial charge in [0.05, 0.1) is 6.54 Å². The molecular weight excluding hydrogens is 206 g/mol. The summed E-state index contributed by atoms with van der Waals surface area (Å²) >= 11 is 0. The molecule has 16 heavy (non-hydrogen) atoms. The van der Waals surface area contributed by atoms with Crippen molar-refractivity contribution in [1.82, 2.24) is 5.32 Å². The Balaban J connectivity index is 3.68. The molecule has 0 heterocycles. The SMILES string of the molecule is CCC(CCO)CNCC(=O)OC(C)(C)C. The van der Waals surface area contributed by atoms with Gasteiger partial charge in [0, 0.05) is 6.61 Å². The van der Waals surface area contributed by atoms with Crippen molar-refractivity contribution in [2.45, 2.75) is 46.1 Å². The molecule has 0 rings (SSSR count). The van der Waals surface area contributed by atoms with E-state index in [0.717, 1.165) is 19.4 Å². The summed E-state index contributed by atoms with van der Waals surface area (Å²) in [7, 11) is 0. The number of ether oxygens (including phenoxy) is 1. The highest BCUT2D eigenvalue weighted by Gasteiger charge is 2.16. The highest BCUT2D eigenvalue weighted by molar-refractivity contribution is 5.72. The average molecular weight is 231 g/mol. The summed E-state index contributed by atoms with van der Waals surface area (Å²) in [5.41, 5.74) is -0.423. The van der Waals surface area contributed by atoms with Crippen LogP contribution in [0.4, 0.5) is 0 Å². The van der Waals surface area contributed by atoms with Crippen LogP contribution in [0.2, 0.25) is 0 Å². The molecule has 0 radical (unpaired) electrons. The summed E-state index contributed by atoms with van der Waals surface area (Å²) in [6, 6.07) is 0. The smallest absolute Gasteiger partial charge is 0.320 e. The van der Waals surface area contributed by atoms with Gasteiger partial charge in [-0.05, 0) is 39.7 Å². The minimum Gasteiger partial charge on any atom is -0.459 e. The van der Waals surface area contributed by atoms with Gasteiger partial charge in [0.1, 0.15) is 5.60 Å². The van der Waals surface area contributed by atoms with E-state index in [1.54, 1.807) is 0 Å². The molecule has 0 aromatic carbocycles. The molecule has 0 saturated heterocycles. The predicted molar refractivity (Wildman–Crippen MR) is 64.2 cm³/mol. The third kappa shape index (κ3) is 8.68. The topological polar surface area (TPSA) is 58.6 Å². The molecule has 0 aliphatic heterocycles. The van der Waals surface area contributed by atoms with Crippen molar-refractivity contribution < 1.29 is 14.6 Å². The number of hydrogen-bond donors (Lipinski definition) is 2. The molecular formula is C12H25NO3. The third-order valence-corrected chi connectivity index (χ3v) is 2.24. The Labute approximate surface area is 98.4 Å². The minimum absolute atomic E-state index is 0.201. The van der Waals surface area contributed by atoms with Crippen LogP contribution in [-0.2, 0) is 9.53 Å². The first-order valence-electron chi connectivity index (χ1n) is 5.92. The van der Waals surface area contributed by atoms with Crippen LogP contribution >= 0.6 is 0 Å². The maximum Gasteiger partial charge on any atom is 0.320 e. The van der Waals surface area contributed by atoms with Crippen LogP contribution in [0.1, 0.15) is 40.5 Å². The third-order valence-electron chi connectivity index (χ3n) is 2.24. The fourth-order valence-corrected chi connectivity index (χ4v) is 1.39. The van der Waals surface area contributed by atoms with Crippen molar-refractivity contribution in [1.29, 1.82) is 0 Å². The van der Waals surface area contributed by atoms with Crippen LogP contribution in [-0.4, -0.2) is 36.4 Å². The van der Waals surface area contributed by atoms with Crippen molar-refractivity contribution in [3.63, 3.8) is 0 Å². The van der Waals surface area contributed by atoms with Gasteiger partial charge in [-0.15, -0.1) is 0 Å². The molecule has 1 atom stereocenters. The summed E-state index contributed by atoms with van der Waals surface area (Å²) in [6.07, 6.45) is 1.78. The summed E-state index contributed by atoms with van der Waals surface area (Å²) in [4.78, 5) is 11.4. The van der Waals surface area contributed by atoms with Gasteiger partial charge in [-0.25, -0.2) is 0 Å². The van der Waals surface area contributed by atoms with Crippen LogP contribution in [0.25, 0.3) is 0 Å². The zero-order valence-electron chi connectivity index (χ0n) is 10.9. The number of aliphatic hydroxyl groups is 1. The number of esters is 1. The molecule has 0 saturated carbocycles. The van der Waals surface area contributed by atoms with Gasteiger partial charge in [0.25, 0.3) is 0 Å². The van der Waals surface area contributed by atoms with E-state index in [2.05, 4.69) is 12.2 Å². The molecule has 0 aromatic heterocycles. The number of nitrogens with one attached hydrogen (secondary N) is 1. The summed E-state index contributed by atoms with van der Waals surface area (Å²) < 4.78 is 5.16. The van der Waals surface area contributed by atoms with Crippen LogP contribution in [0.3, 0.4) is 0 Å². The van der Waals surface area contributed by atoms with Crippen molar-refractivity contribution in [3.8, 4) is 0 Å². The van der Waals surface area contributed by atoms with Gasteiger partial charge in [-0.2, -0.15) is 0 Å². The van der Waals surface area contributed by atoms with Crippen LogP contribution in [0.5, 0.6) is 0 Å². The molecule has 0 spiro atoms. The van der Waals surface area contributed by atoms with Crippen LogP contribution in [0.15, 0.2) is 0 Å². The zero-order valence-corrected chi connectivity index (χ0v) is 10.9. The molecule has 0 aliphatic rings. The highest BCUT2D eigenvalue weighted by Crippen LogP contribution is 2.07. The van der Waals surface area contributed by atoms with E-state index >= 15 is 0 Å². The first kappa shape index (κ1) is 15.4. The molecule has 0 bridgehead atoms. The first-order chi connectivity index (χ1) is 7.39. The monoisotopic (exact) mass is 231 g/mol. The Morgan fingerprint density at radius 2 is 2.06 bits per heavy atom. The highest BCUT2D eigenvalue weighted by atomic mass is 16.6. The lowest BCUT2D eigenvalue weighted by atomic mass is 10.0. The maximum atomic E-state index is 11.4. The second kappa shape index (κ2) is 7.63. The largest absolute Gasteiger partial charge is 0.459 e. The number of carbonyl (C=O) groups is 1. The average Bonchev–Trinajstić information content (AvgIpc) is 2.13. The number of hydrogen-bond acceptors (Lipinski definition) is 4. The lowest BCUT2D eigenvalue weighted by Crippen LogP contribution is -2.33. The van der Waals surface area contributed by atoms with Gasteiger partial charge in [-0.3, -0.25) is 4.79 Å². The summed E-state index contributed by atoms with van der Waals surface area (Å²) in [5, 5.41) is 11.9. The Hall–Kier alpha value is -0.610. The Bertz CT molecular complexity index is 199. The number of rotatable bonds is 7. The molecule has 0 amide bonds. The van der Waals surface area contributed by atoms with Crippen LogP contribution in [0, 0.1) is 5.92 Å². The van der Waals surface area contributed by atoms with E-state index < -0.39 is 5.60 Å². The molecule has 0 fully saturated rings. The molecule has 96 valence electrons. The zero-order chi connectivity index (χ0) is 12.6. The lowest BCUT2D eigenvalue weighted by Gasteiger charge is -2.20. The molecule has 4 nitrogen and oxygen atoms in total. The fourth-order valence-electron chi connectivity index (χ4n) is 1.39. The lowest BCUT2D eigenvalue weighted by molar-refractivity contribution is -0.153. The van der Waals surface area contributed by atoms with E-state index in [0.29, 0.717) is 5.92 Å². The summed E-state index contributed by atoms with van der Waals surface area (Å²) in [6.45, 7) is 8.82. The quantitative estimate of drug-likeness (QED) is 0.649. The van der Waals surface area contributed by atoms with Crippen molar-refractivity contribution in [2.75, 3.05) is 19.7 Å². The van der Waals surface area contributed by atoms with E-state index in [9.17, 15) is 4.79 Å². The predicted octanol–water partition coefficient (Wildman–Crippen LogP) is 1.33. The van der Waals surface area contributed by atoms with Crippen molar-refractivity contribution in [2.24, 2.45) is 5.92 Å². The van der Waals surface area contributed by atoms with E-state index in [1.807, 2.05) is 20.8 Å². The Kier molecular flexibility index (Phi) is 7.34.